The predicted molar refractivity (Wildman–Crippen MR) is 126 cm³/mol. The first kappa shape index (κ1) is 26.4. The quantitative estimate of drug-likeness (QED) is 0.178. The van der Waals surface area contributed by atoms with Crippen molar-refractivity contribution in [3.05, 3.63) is 24.3 Å². The summed E-state index contributed by atoms with van der Waals surface area (Å²) < 4.78 is 32.6. The van der Waals surface area contributed by atoms with Crippen molar-refractivity contribution in [3.63, 3.8) is 0 Å². The molecule has 4 heteroatoms. The van der Waals surface area contributed by atoms with Crippen LogP contribution in [0.1, 0.15) is 123 Å². The molecular weight excluding hydrogens is 380 g/mol. The van der Waals surface area contributed by atoms with Crippen LogP contribution in [0.25, 0.3) is 0 Å². The zero-order chi connectivity index (χ0) is 21.4. The van der Waals surface area contributed by atoms with E-state index >= 15 is 0 Å². The van der Waals surface area contributed by atoms with Crippen LogP contribution in [0.3, 0.4) is 0 Å². The molecule has 3 nitrogen and oxygen atoms in total. The second kappa shape index (κ2) is 15.2. The Labute approximate surface area is 181 Å². The fourth-order valence-electron chi connectivity index (χ4n) is 4.62. The van der Waals surface area contributed by atoms with E-state index in [1.165, 1.54) is 83.5 Å². The van der Waals surface area contributed by atoms with Gasteiger partial charge in [-0.2, -0.15) is 8.42 Å². The van der Waals surface area contributed by atoms with Gasteiger partial charge in [-0.05, 0) is 12.8 Å². The predicted octanol–water partition coefficient (Wildman–Crippen LogP) is 8.03. The molecule has 1 aliphatic carbocycles. The fraction of sp³-hybridized carbons (Fsp3) is 0.840. The molecule has 0 heterocycles. The number of allylic oxidation sites excluding steroid dienone is 3. The lowest BCUT2D eigenvalue weighted by atomic mass is 9.82. The van der Waals surface area contributed by atoms with Crippen LogP contribution in [0.4, 0.5) is 0 Å². The molecule has 1 N–H and O–H groups in total. The molecule has 0 aromatic carbocycles. The SMILES string of the molecule is CCCCCCCCCCCCCCCCCC1C=CC=CC1(CC)S(=O)(=O)O. The van der Waals surface area contributed by atoms with Crippen molar-refractivity contribution < 1.29 is 13.0 Å². The Balaban J connectivity index is 2.03. The van der Waals surface area contributed by atoms with Gasteiger partial charge in [0.2, 0.25) is 0 Å². The summed E-state index contributed by atoms with van der Waals surface area (Å²) in [4.78, 5) is 0. The van der Waals surface area contributed by atoms with Gasteiger partial charge in [0.25, 0.3) is 10.1 Å². The average Bonchev–Trinajstić information content (AvgIpc) is 2.70. The minimum absolute atomic E-state index is 0.116. The summed E-state index contributed by atoms with van der Waals surface area (Å²) in [6.45, 7) is 4.11. The fourth-order valence-corrected chi connectivity index (χ4v) is 5.81. The van der Waals surface area contributed by atoms with Crippen LogP contribution in [-0.2, 0) is 10.1 Å². The first-order valence-corrected chi connectivity index (χ1v) is 13.7. The van der Waals surface area contributed by atoms with Crippen molar-refractivity contribution in [2.45, 2.75) is 128 Å². The van der Waals surface area contributed by atoms with Gasteiger partial charge in [-0.25, -0.2) is 0 Å². The molecule has 1 rings (SSSR count). The third-order valence-corrected chi connectivity index (χ3v) is 8.30. The third-order valence-electron chi connectivity index (χ3n) is 6.61. The van der Waals surface area contributed by atoms with Gasteiger partial charge in [0.15, 0.2) is 0 Å². The van der Waals surface area contributed by atoms with E-state index in [4.69, 9.17) is 0 Å². The normalized spacial score (nSPS) is 21.7. The lowest BCUT2D eigenvalue weighted by molar-refractivity contribution is 0.374. The molecule has 0 fully saturated rings. The number of hydrogen-bond acceptors (Lipinski definition) is 2. The standard InChI is InChI=1S/C25H46O3S/c1-3-5-6-7-8-9-10-11-12-13-14-15-16-17-18-21-24-22-19-20-23-25(24,4-2)29(26,27)28/h19-20,22-24H,3-18,21H2,1-2H3,(H,26,27,28). The molecule has 0 saturated carbocycles. The van der Waals surface area contributed by atoms with E-state index in [0.717, 1.165) is 19.3 Å². The smallest absolute Gasteiger partial charge is 0.274 e. The molecule has 170 valence electrons. The van der Waals surface area contributed by atoms with Gasteiger partial charge in [-0.1, -0.05) is 134 Å². The minimum Gasteiger partial charge on any atom is -0.285 e. The zero-order valence-corrected chi connectivity index (χ0v) is 19.9. The summed E-state index contributed by atoms with van der Waals surface area (Å²) in [6, 6.07) is 0. The van der Waals surface area contributed by atoms with Crippen LogP contribution < -0.4 is 0 Å². The van der Waals surface area contributed by atoms with Gasteiger partial charge < -0.3 is 0 Å². The highest BCUT2D eigenvalue weighted by molar-refractivity contribution is 7.87. The van der Waals surface area contributed by atoms with E-state index in [9.17, 15) is 13.0 Å². The zero-order valence-electron chi connectivity index (χ0n) is 19.1. The van der Waals surface area contributed by atoms with E-state index in [0.29, 0.717) is 6.42 Å². The molecule has 0 saturated heterocycles. The van der Waals surface area contributed by atoms with E-state index in [1.807, 2.05) is 19.1 Å². The van der Waals surface area contributed by atoms with Gasteiger partial charge >= 0.3 is 0 Å². The number of hydrogen-bond donors (Lipinski definition) is 1. The van der Waals surface area contributed by atoms with Crippen LogP contribution in [-0.4, -0.2) is 17.7 Å². The minimum atomic E-state index is -4.10. The van der Waals surface area contributed by atoms with Gasteiger partial charge in [-0.3, -0.25) is 4.55 Å². The Morgan fingerprint density at radius 2 is 1.17 bits per heavy atom. The maximum Gasteiger partial charge on any atom is 0.274 e. The highest BCUT2D eigenvalue weighted by atomic mass is 32.2. The first-order chi connectivity index (χ1) is 14.0. The van der Waals surface area contributed by atoms with Crippen LogP contribution >= 0.6 is 0 Å². The summed E-state index contributed by atoms with van der Waals surface area (Å²) in [5.41, 5.74) is 0. The lowest BCUT2D eigenvalue weighted by Crippen LogP contribution is -2.43. The molecule has 0 aromatic heterocycles. The lowest BCUT2D eigenvalue weighted by Gasteiger charge is -2.35. The van der Waals surface area contributed by atoms with Crippen molar-refractivity contribution >= 4 is 10.1 Å². The maximum absolute atomic E-state index is 12.0. The van der Waals surface area contributed by atoms with Crippen LogP contribution in [0.2, 0.25) is 0 Å². The second-order valence-electron chi connectivity index (χ2n) is 8.87. The van der Waals surface area contributed by atoms with Crippen molar-refractivity contribution in [2.75, 3.05) is 0 Å². The molecule has 0 radical (unpaired) electrons. The first-order valence-electron chi connectivity index (χ1n) is 12.3. The Kier molecular flexibility index (Phi) is 13.9. The molecule has 2 unspecified atom stereocenters. The third kappa shape index (κ3) is 9.83. The second-order valence-corrected chi connectivity index (χ2v) is 10.6. The molecule has 29 heavy (non-hydrogen) atoms. The monoisotopic (exact) mass is 426 g/mol. The van der Waals surface area contributed by atoms with Gasteiger partial charge in [-0.15, -0.1) is 0 Å². The van der Waals surface area contributed by atoms with Crippen LogP contribution in [0, 0.1) is 5.92 Å². The molecule has 0 aromatic rings. The molecule has 0 spiro atoms. The van der Waals surface area contributed by atoms with E-state index in [2.05, 4.69) is 6.92 Å². The Bertz CT molecular complexity index is 565. The van der Waals surface area contributed by atoms with Gasteiger partial charge in [0.05, 0.1) is 0 Å². The average molecular weight is 427 g/mol. The Hall–Kier alpha value is -0.610. The number of rotatable bonds is 18. The molecule has 1 aliphatic rings. The molecule has 0 bridgehead atoms. The van der Waals surface area contributed by atoms with Gasteiger partial charge in [0.1, 0.15) is 4.75 Å². The summed E-state index contributed by atoms with van der Waals surface area (Å²) in [6.07, 6.45) is 28.5. The Morgan fingerprint density at radius 3 is 1.59 bits per heavy atom. The summed E-state index contributed by atoms with van der Waals surface area (Å²) in [7, 11) is -4.10. The Morgan fingerprint density at radius 1 is 0.724 bits per heavy atom. The molecule has 0 amide bonds. The highest BCUT2D eigenvalue weighted by Gasteiger charge is 2.45. The van der Waals surface area contributed by atoms with Gasteiger partial charge in [0, 0.05) is 5.92 Å². The molecule has 0 aliphatic heterocycles. The van der Waals surface area contributed by atoms with Crippen molar-refractivity contribution in [1.82, 2.24) is 0 Å². The van der Waals surface area contributed by atoms with Crippen molar-refractivity contribution in [1.29, 1.82) is 0 Å². The molecular formula is C25H46O3S. The van der Waals surface area contributed by atoms with E-state index in [1.54, 1.807) is 12.2 Å². The van der Waals surface area contributed by atoms with Crippen molar-refractivity contribution in [2.24, 2.45) is 5.92 Å². The summed E-state index contributed by atoms with van der Waals surface area (Å²) in [5.74, 6) is -0.116. The largest absolute Gasteiger partial charge is 0.285 e. The van der Waals surface area contributed by atoms with Crippen LogP contribution in [0.15, 0.2) is 24.3 Å². The van der Waals surface area contributed by atoms with E-state index < -0.39 is 14.9 Å². The summed E-state index contributed by atoms with van der Waals surface area (Å²) in [5, 5.41) is 0. The van der Waals surface area contributed by atoms with Crippen LogP contribution in [0.5, 0.6) is 0 Å². The molecule has 2 atom stereocenters. The van der Waals surface area contributed by atoms with E-state index in [-0.39, 0.29) is 5.92 Å². The number of unbranched alkanes of at least 4 members (excludes halogenated alkanes) is 14. The van der Waals surface area contributed by atoms with Crippen molar-refractivity contribution in [3.8, 4) is 0 Å². The maximum atomic E-state index is 12.0. The highest BCUT2D eigenvalue weighted by Crippen LogP contribution is 2.38. The summed E-state index contributed by atoms with van der Waals surface area (Å²) >= 11 is 0. The topological polar surface area (TPSA) is 54.4 Å².